The second kappa shape index (κ2) is 7.92. The zero-order chi connectivity index (χ0) is 20.4. The predicted molar refractivity (Wildman–Crippen MR) is 106 cm³/mol. The molecule has 29 heavy (non-hydrogen) atoms. The Bertz CT molecular complexity index is 1140. The molecule has 1 unspecified atom stereocenters. The third kappa shape index (κ3) is 4.07. The van der Waals surface area contributed by atoms with Crippen LogP contribution in [0, 0.1) is 12.7 Å². The van der Waals surface area contributed by atoms with Crippen LogP contribution in [-0.2, 0) is 4.74 Å². The van der Waals surface area contributed by atoms with Crippen molar-refractivity contribution in [1.82, 2.24) is 15.2 Å². The Morgan fingerprint density at radius 2 is 1.79 bits per heavy atom. The van der Waals surface area contributed by atoms with Crippen LogP contribution in [0.1, 0.15) is 34.3 Å². The minimum absolute atomic E-state index is 0.207. The molecule has 0 fully saturated rings. The molecule has 4 rings (SSSR count). The van der Waals surface area contributed by atoms with Crippen LogP contribution in [0.3, 0.4) is 0 Å². The number of aromatic nitrogens is 3. The van der Waals surface area contributed by atoms with Crippen LogP contribution in [-0.4, -0.2) is 21.2 Å². The van der Waals surface area contributed by atoms with E-state index < -0.39 is 12.1 Å². The molecule has 2 aromatic carbocycles. The second-order valence-electron chi connectivity index (χ2n) is 6.30. The molecule has 1 atom stereocenters. The number of benzene rings is 2. The van der Waals surface area contributed by atoms with Gasteiger partial charge in [-0.05, 0) is 50.2 Å². The lowest BCUT2D eigenvalue weighted by atomic mass is 10.2. The summed E-state index contributed by atoms with van der Waals surface area (Å²) >= 11 is 1.19. The number of carbonyl (C=O) groups is 1. The molecular weight excluding hydrogens is 393 g/mol. The molecule has 0 saturated carbocycles. The summed E-state index contributed by atoms with van der Waals surface area (Å²) in [5, 5.41) is 8.61. The van der Waals surface area contributed by atoms with Crippen LogP contribution >= 0.6 is 11.3 Å². The molecule has 0 amide bonds. The van der Waals surface area contributed by atoms with Crippen LogP contribution < -0.4 is 0 Å². The fourth-order valence-corrected chi connectivity index (χ4v) is 3.62. The van der Waals surface area contributed by atoms with Crippen molar-refractivity contribution < 1.29 is 18.3 Å². The van der Waals surface area contributed by atoms with Gasteiger partial charge in [-0.25, -0.2) is 14.2 Å². The molecule has 2 heterocycles. The van der Waals surface area contributed by atoms with Crippen molar-refractivity contribution in [2.45, 2.75) is 20.0 Å². The topological polar surface area (TPSA) is 78.1 Å². The molecule has 0 aliphatic carbocycles. The molecule has 0 aliphatic heterocycles. The van der Waals surface area contributed by atoms with Gasteiger partial charge in [0.1, 0.15) is 15.7 Å². The lowest BCUT2D eigenvalue weighted by Crippen LogP contribution is -2.09. The fourth-order valence-electron chi connectivity index (χ4n) is 2.66. The van der Waals surface area contributed by atoms with Gasteiger partial charge in [-0.1, -0.05) is 18.2 Å². The largest absolute Gasteiger partial charge is 0.448 e. The molecule has 8 heteroatoms. The van der Waals surface area contributed by atoms with E-state index in [9.17, 15) is 9.18 Å². The van der Waals surface area contributed by atoms with Crippen LogP contribution in [0.4, 0.5) is 4.39 Å². The van der Waals surface area contributed by atoms with Gasteiger partial charge >= 0.3 is 5.97 Å². The van der Waals surface area contributed by atoms with Crippen molar-refractivity contribution in [1.29, 1.82) is 0 Å². The van der Waals surface area contributed by atoms with E-state index >= 15 is 0 Å². The first kappa shape index (κ1) is 18.9. The quantitative estimate of drug-likeness (QED) is 0.420. The summed E-state index contributed by atoms with van der Waals surface area (Å²) < 4.78 is 24.3. The van der Waals surface area contributed by atoms with Crippen LogP contribution in [0.15, 0.2) is 59.0 Å². The Hall–Kier alpha value is -3.39. The van der Waals surface area contributed by atoms with Crippen molar-refractivity contribution in [3.63, 3.8) is 0 Å². The van der Waals surface area contributed by atoms with E-state index in [4.69, 9.17) is 9.15 Å². The van der Waals surface area contributed by atoms with Gasteiger partial charge in [0, 0.05) is 11.1 Å². The maximum Gasteiger partial charge on any atom is 0.351 e. The summed E-state index contributed by atoms with van der Waals surface area (Å²) in [7, 11) is 0. The van der Waals surface area contributed by atoms with Gasteiger partial charge in [-0.15, -0.1) is 21.5 Å². The zero-order valence-corrected chi connectivity index (χ0v) is 16.4. The standard InChI is InChI=1S/C21H16FN3O3S/c1-12-17(29-20(23-12)15-8-10-16(22)11-9-15)21(26)27-13(2)18-24-25-19(28-18)14-6-4-3-5-7-14/h3-11,13H,1-2H3. The lowest BCUT2D eigenvalue weighted by molar-refractivity contribution is 0.0284. The molecule has 2 aromatic heterocycles. The van der Waals surface area contributed by atoms with E-state index in [2.05, 4.69) is 15.2 Å². The van der Waals surface area contributed by atoms with Gasteiger partial charge in [-0.3, -0.25) is 0 Å². The van der Waals surface area contributed by atoms with Gasteiger partial charge in [0.2, 0.25) is 5.89 Å². The third-order valence-electron chi connectivity index (χ3n) is 4.17. The highest BCUT2D eigenvalue weighted by Crippen LogP contribution is 2.30. The number of carbonyl (C=O) groups excluding carboxylic acids is 1. The first-order valence-electron chi connectivity index (χ1n) is 8.84. The minimum Gasteiger partial charge on any atom is -0.448 e. The lowest BCUT2D eigenvalue weighted by Gasteiger charge is -2.08. The first-order chi connectivity index (χ1) is 14.0. The summed E-state index contributed by atoms with van der Waals surface area (Å²) in [6.07, 6.45) is -0.719. The van der Waals surface area contributed by atoms with E-state index in [-0.39, 0.29) is 11.7 Å². The average molecular weight is 409 g/mol. The van der Waals surface area contributed by atoms with Crippen molar-refractivity contribution >= 4 is 17.3 Å². The number of rotatable bonds is 5. The summed E-state index contributed by atoms with van der Waals surface area (Å²) in [6.45, 7) is 3.39. The highest BCUT2D eigenvalue weighted by molar-refractivity contribution is 7.17. The summed E-state index contributed by atoms with van der Waals surface area (Å²) in [4.78, 5) is 17.4. The maximum atomic E-state index is 13.1. The molecule has 6 nitrogen and oxygen atoms in total. The molecule has 0 spiro atoms. The minimum atomic E-state index is -0.719. The SMILES string of the molecule is Cc1nc(-c2ccc(F)cc2)sc1C(=O)OC(C)c1nnc(-c2ccccc2)o1. The Balaban J connectivity index is 1.49. The normalized spacial score (nSPS) is 12.0. The molecule has 0 saturated heterocycles. The van der Waals surface area contributed by atoms with Crippen LogP contribution in [0.25, 0.3) is 22.0 Å². The van der Waals surface area contributed by atoms with E-state index in [0.29, 0.717) is 21.5 Å². The fraction of sp³-hybridized carbons (Fsp3) is 0.143. The van der Waals surface area contributed by atoms with Crippen molar-refractivity contribution in [2.75, 3.05) is 0 Å². The Kier molecular flexibility index (Phi) is 5.18. The number of nitrogens with zero attached hydrogens (tertiary/aromatic N) is 3. The number of halogens is 1. The van der Waals surface area contributed by atoms with E-state index in [1.54, 1.807) is 26.0 Å². The summed E-state index contributed by atoms with van der Waals surface area (Å²) in [6, 6.07) is 15.3. The second-order valence-corrected chi connectivity index (χ2v) is 7.30. The molecular formula is C21H16FN3O3S. The summed E-state index contributed by atoms with van der Waals surface area (Å²) in [5.41, 5.74) is 2.06. The van der Waals surface area contributed by atoms with Gasteiger partial charge in [0.25, 0.3) is 5.89 Å². The van der Waals surface area contributed by atoms with E-state index in [1.807, 2.05) is 30.3 Å². The number of ether oxygens (including phenoxy) is 1. The van der Waals surface area contributed by atoms with Crippen molar-refractivity contribution in [2.24, 2.45) is 0 Å². The molecule has 0 N–H and O–H groups in total. The van der Waals surface area contributed by atoms with E-state index in [0.717, 1.165) is 11.1 Å². The molecule has 146 valence electrons. The monoisotopic (exact) mass is 409 g/mol. The predicted octanol–water partition coefficient (Wildman–Crippen LogP) is 5.23. The number of thiazole rings is 1. The summed E-state index contributed by atoms with van der Waals surface area (Å²) in [5.74, 6) is -0.292. The molecule has 0 aliphatic rings. The van der Waals surface area contributed by atoms with E-state index in [1.165, 1.54) is 23.5 Å². The van der Waals surface area contributed by atoms with Gasteiger partial charge in [-0.2, -0.15) is 0 Å². The Labute approximate surface area is 170 Å². The molecule has 0 bridgehead atoms. The highest BCUT2D eigenvalue weighted by Gasteiger charge is 2.23. The Morgan fingerprint density at radius 1 is 1.07 bits per heavy atom. The highest BCUT2D eigenvalue weighted by atomic mass is 32.1. The van der Waals surface area contributed by atoms with Crippen LogP contribution in [0.2, 0.25) is 0 Å². The Morgan fingerprint density at radius 3 is 2.52 bits per heavy atom. The van der Waals surface area contributed by atoms with Gasteiger partial charge in [0.15, 0.2) is 6.10 Å². The zero-order valence-electron chi connectivity index (χ0n) is 15.6. The van der Waals surface area contributed by atoms with Gasteiger partial charge in [0.05, 0.1) is 5.69 Å². The third-order valence-corrected chi connectivity index (χ3v) is 5.35. The first-order valence-corrected chi connectivity index (χ1v) is 9.66. The molecule has 4 aromatic rings. The van der Waals surface area contributed by atoms with Crippen molar-refractivity contribution in [3.8, 4) is 22.0 Å². The number of esters is 1. The smallest absolute Gasteiger partial charge is 0.351 e. The number of aryl methyl sites for hydroxylation is 1. The molecule has 0 radical (unpaired) electrons. The number of hydrogen-bond acceptors (Lipinski definition) is 7. The van der Waals surface area contributed by atoms with Gasteiger partial charge < -0.3 is 9.15 Å². The average Bonchev–Trinajstić information content (AvgIpc) is 3.36. The van der Waals surface area contributed by atoms with Crippen molar-refractivity contribution in [3.05, 3.63) is 76.9 Å². The number of hydrogen-bond donors (Lipinski definition) is 0. The van der Waals surface area contributed by atoms with Crippen LogP contribution in [0.5, 0.6) is 0 Å². The maximum absolute atomic E-state index is 13.1.